The highest BCUT2D eigenvalue weighted by Crippen LogP contribution is 2.14. The van der Waals surface area contributed by atoms with Gasteiger partial charge in [-0.05, 0) is 56.6 Å². The first-order valence-electron chi connectivity index (χ1n) is 6.93. The van der Waals surface area contributed by atoms with Crippen LogP contribution in [-0.4, -0.2) is 37.5 Å². The van der Waals surface area contributed by atoms with Crippen molar-refractivity contribution < 1.29 is 4.79 Å². The van der Waals surface area contributed by atoms with Crippen molar-refractivity contribution in [1.29, 1.82) is 0 Å². The summed E-state index contributed by atoms with van der Waals surface area (Å²) in [6.07, 6.45) is 2.51. The van der Waals surface area contributed by atoms with Gasteiger partial charge in [-0.1, -0.05) is 12.1 Å². The highest BCUT2D eigenvalue weighted by Gasteiger charge is 2.15. The van der Waals surface area contributed by atoms with Crippen molar-refractivity contribution in [1.82, 2.24) is 10.2 Å². The lowest BCUT2D eigenvalue weighted by molar-refractivity contribution is 0.1000. The molecule has 0 unspecified atom stereocenters. The average Bonchev–Trinajstić information content (AvgIpc) is 2.40. The summed E-state index contributed by atoms with van der Waals surface area (Å²) in [7, 11) is 2.14. The van der Waals surface area contributed by atoms with E-state index >= 15 is 0 Å². The Labute approximate surface area is 115 Å². The van der Waals surface area contributed by atoms with Crippen molar-refractivity contribution in [2.75, 3.05) is 26.7 Å². The van der Waals surface area contributed by atoms with Gasteiger partial charge in [-0.3, -0.25) is 4.79 Å². The summed E-state index contributed by atoms with van der Waals surface area (Å²) in [5.41, 5.74) is 7.04. The molecule has 0 bridgehead atoms. The highest BCUT2D eigenvalue weighted by atomic mass is 16.1. The Balaban J connectivity index is 1.88. The van der Waals surface area contributed by atoms with Crippen LogP contribution in [0, 0.1) is 5.92 Å². The monoisotopic (exact) mass is 261 g/mol. The van der Waals surface area contributed by atoms with Crippen molar-refractivity contribution in [3.8, 4) is 0 Å². The fourth-order valence-corrected chi connectivity index (χ4v) is 2.70. The summed E-state index contributed by atoms with van der Waals surface area (Å²) in [6, 6.07) is 7.60. The molecule has 2 rings (SSSR count). The third-order valence-corrected chi connectivity index (χ3v) is 3.69. The molecule has 0 aromatic heterocycles. The molecule has 1 heterocycles. The van der Waals surface area contributed by atoms with Crippen LogP contribution in [0.4, 0.5) is 0 Å². The topological polar surface area (TPSA) is 58.4 Å². The number of piperidine rings is 1. The first-order valence-corrected chi connectivity index (χ1v) is 6.93. The Kier molecular flexibility index (Phi) is 4.93. The number of nitrogens with two attached hydrogens (primary N) is 1. The third-order valence-electron chi connectivity index (χ3n) is 3.69. The predicted molar refractivity (Wildman–Crippen MR) is 76.9 cm³/mol. The molecule has 0 saturated carbocycles. The Hall–Kier alpha value is -1.39. The lowest BCUT2D eigenvalue weighted by atomic mass is 9.97. The zero-order valence-corrected chi connectivity index (χ0v) is 11.6. The average molecular weight is 261 g/mol. The second-order valence-electron chi connectivity index (χ2n) is 5.45. The summed E-state index contributed by atoms with van der Waals surface area (Å²) in [6.45, 7) is 4.25. The molecule has 104 valence electrons. The summed E-state index contributed by atoms with van der Waals surface area (Å²) >= 11 is 0. The van der Waals surface area contributed by atoms with Gasteiger partial charge in [0.1, 0.15) is 0 Å². The Morgan fingerprint density at radius 2 is 2.16 bits per heavy atom. The van der Waals surface area contributed by atoms with Gasteiger partial charge in [-0.25, -0.2) is 0 Å². The zero-order chi connectivity index (χ0) is 13.7. The number of benzene rings is 1. The minimum Gasteiger partial charge on any atom is -0.366 e. The van der Waals surface area contributed by atoms with Gasteiger partial charge in [0.2, 0.25) is 5.91 Å². The number of primary amides is 1. The summed E-state index contributed by atoms with van der Waals surface area (Å²) in [4.78, 5) is 13.5. The van der Waals surface area contributed by atoms with E-state index in [0.717, 1.165) is 37.7 Å². The van der Waals surface area contributed by atoms with E-state index in [0.29, 0.717) is 5.56 Å². The van der Waals surface area contributed by atoms with Crippen LogP contribution in [0.25, 0.3) is 0 Å². The van der Waals surface area contributed by atoms with Crippen molar-refractivity contribution in [2.45, 2.75) is 19.4 Å². The van der Waals surface area contributed by atoms with Crippen molar-refractivity contribution in [2.24, 2.45) is 11.7 Å². The molecule has 1 fully saturated rings. The fraction of sp³-hybridized carbons (Fsp3) is 0.533. The number of amides is 1. The predicted octanol–water partition coefficient (Wildman–Crippen LogP) is 1.22. The van der Waals surface area contributed by atoms with E-state index in [2.05, 4.69) is 17.3 Å². The largest absolute Gasteiger partial charge is 0.366 e. The zero-order valence-electron chi connectivity index (χ0n) is 11.6. The molecule has 1 aromatic carbocycles. The number of hydrogen-bond donors (Lipinski definition) is 2. The number of nitrogens with one attached hydrogen (secondary N) is 1. The summed E-state index contributed by atoms with van der Waals surface area (Å²) in [5.74, 6) is 0.424. The molecule has 0 atom stereocenters. The molecule has 1 aliphatic rings. The highest BCUT2D eigenvalue weighted by molar-refractivity contribution is 5.92. The normalized spacial score (nSPS) is 16.7. The van der Waals surface area contributed by atoms with Crippen LogP contribution in [-0.2, 0) is 6.54 Å². The molecule has 0 aliphatic carbocycles. The second-order valence-corrected chi connectivity index (χ2v) is 5.45. The van der Waals surface area contributed by atoms with Gasteiger partial charge in [0, 0.05) is 18.7 Å². The van der Waals surface area contributed by atoms with Gasteiger partial charge >= 0.3 is 0 Å². The quantitative estimate of drug-likeness (QED) is 0.838. The van der Waals surface area contributed by atoms with E-state index in [4.69, 9.17) is 5.73 Å². The number of hydrogen-bond acceptors (Lipinski definition) is 3. The lowest BCUT2D eigenvalue weighted by Crippen LogP contribution is -2.34. The van der Waals surface area contributed by atoms with Crippen LogP contribution in [0.1, 0.15) is 28.8 Å². The Bertz CT molecular complexity index is 427. The maximum absolute atomic E-state index is 11.2. The van der Waals surface area contributed by atoms with Crippen LogP contribution in [0.15, 0.2) is 24.3 Å². The van der Waals surface area contributed by atoms with Gasteiger partial charge in [-0.2, -0.15) is 0 Å². The molecule has 4 heteroatoms. The minimum absolute atomic E-state index is 0.358. The third kappa shape index (κ3) is 4.33. The van der Waals surface area contributed by atoms with Gasteiger partial charge in [0.25, 0.3) is 0 Å². The fourth-order valence-electron chi connectivity index (χ4n) is 2.70. The van der Waals surface area contributed by atoms with E-state index in [1.54, 1.807) is 6.07 Å². The Morgan fingerprint density at radius 3 is 2.84 bits per heavy atom. The van der Waals surface area contributed by atoms with Crippen LogP contribution in [0.2, 0.25) is 0 Å². The van der Waals surface area contributed by atoms with E-state index in [1.807, 2.05) is 18.2 Å². The SMILES string of the molecule is CN(Cc1cccc(C(N)=O)c1)CC1CCNCC1. The number of carbonyl (C=O) groups is 1. The molecule has 1 aromatic rings. The number of carbonyl (C=O) groups excluding carboxylic acids is 1. The lowest BCUT2D eigenvalue weighted by Gasteiger charge is -2.27. The van der Waals surface area contributed by atoms with Gasteiger partial charge in [0.05, 0.1) is 0 Å². The van der Waals surface area contributed by atoms with E-state index in [-0.39, 0.29) is 5.91 Å². The molecule has 4 nitrogen and oxygen atoms in total. The molecular formula is C15H23N3O. The van der Waals surface area contributed by atoms with Gasteiger partial charge in [0.15, 0.2) is 0 Å². The summed E-state index contributed by atoms with van der Waals surface area (Å²) in [5, 5.41) is 3.39. The van der Waals surface area contributed by atoms with Gasteiger partial charge in [-0.15, -0.1) is 0 Å². The van der Waals surface area contributed by atoms with E-state index in [9.17, 15) is 4.79 Å². The molecule has 1 aliphatic heterocycles. The standard InChI is InChI=1S/C15H23N3O/c1-18(10-12-5-7-17-8-6-12)11-13-3-2-4-14(9-13)15(16)19/h2-4,9,12,17H,5-8,10-11H2,1H3,(H2,16,19). The molecule has 19 heavy (non-hydrogen) atoms. The molecule has 0 radical (unpaired) electrons. The number of nitrogens with zero attached hydrogens (tertiary/aromatic N) is 1. The maximum atomic E-state index is 11.2. The molecule has 0 spiro atoms. The first kappa shape index (κ1) is 14.0. The van der Waals surface area contributed by atoms with Crippen LogP contribution < -0.4 is 11.1 Å². The van der Waals surface area contributed by atoms with Crippen LogP contribution in [0.3, 0.4) is 0 Å². The first-order chi connectivity index (χ1) is 9.15. The van der Waals surface area contributed by atoms with Crippen molar-refractivity contribution in [3.05, 3.63) is 35.4 Å². The van der Waals surface area contributed by atoms with E-state index < -0.39 is 0 Å². The molecule has 1 saturated heterocycles. The van der Waals surface area contributed by atoms with Crippen molar-refractivity contribution >= 4 is 5.91 Å². The van der Waals surface area contributed by atoms with Crippen molar-refractivity contribution in [3.63, 3.8) is 0 Å². The minimum atomic E-state index is -0.358. The molecule has 3 N–H and O–H groups in total. The smallest absolute Gasteiger partial charge is 0.248 e. The Morgan fingerprint density at radius 1 is 1.42 bits per heavy atom. The van der Waals surface area contributed by atoms with E-state index in [1.165, 1.54) is 12.8 Å². The molecule has 1 amide bonds. The van der Waals surface area contributed by atoms with Gasteiger partial charge < -0.3 is 16.0 Å². The second kappa shape index (κ2) is 6.68. The van der Waals surface area contributed by atoms with Crippen LogP contribution >= 0.6 is 0 Å². The maximum Gasteiger partial charge on any atom is 0.248 e. The number of rotatable bonds is 5. The molecular weight excluding hydrogens is 238 g/mol. The van der Waals surface area contributed by atoms with Crippen LogP contribution in [0.5, 0.6) is 0 Å². The summed E-state index contributed by atoms with van der Waals surface area (Å²) < 4.78 is 0.